The Morgan fingerprint density at radius 2 is 2.09 bits per heavy atom. The molecular formula is C15H21ClN4O2. The summed E-state index contributed by atoms with van der Waals surface area (Å²) in [7, 11) is 1.67. The van der Waals surface area contributed by atoms with Crippen LogP contribution in [-0.4, -0.2) is 66.6 Å². The van der Waals surface area contributed by atoms with Crippen molar-refractivity contribution < 1.29 is 9.90 Å². The van der Waals surface area contributed by atoms with Crippen LogP contribution in [0.4, 0.5) is 0 Å². The van der Waals surface area contributed by atoms with Gasteiger partial charge in [0.05, 0.1) is 13.2 Å². The fourth-order valence-electron chi connectivity index (χ4n) is 2.37. The molecule has 0 aromatic heterocycles. The van der Waals surface area contributed by atoms with E-state index >= 15 is 0 Å². The molecule has 22 heavy (non-hydrogen) atoms. The predicted molar refractivity (Wildman–Crippen MR) is 86.9 cm³/mol. The number of halogens is 1. The van der Waals surface area contributed by atoms with Crippen molar-refractivity contribution in [3.63, 3.8) is 0 Å². The van der Waals surface area contributed by atoms with Gasteiger partial charge in [-0.25, -0.2) is 0 Å². The summed E-state index contributed by atoms with van der Waals surface area (Å²) in [5, 5.41) is 12.6. The van der Waals surface area contributed by atoms with Crippen LogP contribution in [0, 0.1) is 0 Å². The number of piperazine rings is 1. The Balaban J connectivity index is 1.92. The number of aliphatic hydroxyl groups is 1. The first-order valence-electron chi connectivity index (χ1n) is 7.22. The number of amides is 1. The van der Waals surface area contributed by atoms with Crippen LogP contribution in [0.2, 0.25) is 5.02 Å². The lowest BCUT2D eigenvalue weighted by Gasteiger charge is -2.36. The van der Waals surface area contributed by atoms with E-state index in [1.165, 1.54) is 0 Å². The highest BCUT2D eigenvalue weighted by molar-refractivity contribution is 6.30. The Morgan fingerprint density at radius 3 is 2.68 bits per heavy atom. The maximum absolute atomic E-state index is 12.3. The minimum absolute atomic E-state index is 0.0312. The normalized spacial score (nSPS) is 16.1. The zero-order valence-corrected chi connectivity index (χ0v) is 13.4. The number of aliphatic hydroxyl groups excluding tert-OH is 1. The molecule has 0 atom stereocenters. The molecule has 7 heteroatoms. The van der Waals surface area contributed by atoms with Crippen LogP contribution in [0.25, 0.3) is 0 Å². The number of hydrogen-bond donors (Lipinski definition) is 2. The van der Waals surface area contributed by atoms with Crippen molar-refractivity contribution in [1.29, 1.82) is 0 Å². The van der Waals surface area contributed by atoms with E-state index in [-0.39, 0.29) is 12.5 Å². The van der Waals surface area contributed by atoms with Crippen molar-refractivity contribution in [1.82, 2.24) is 15.1 Å². The number of guanidine groups is 1. The minimum Gasteiger partial charge on any atom is -0.395 e. The van der Waals surface area contributed by atoms with Crippen LogP contribution in [0.5, 0.6) is 0 Å². The van der Waals surface area contributed by atoms with Gasteiger partial charge in [-0.15, -0.1) is 0 Å². The van der Waals surface area contributed by atoms with E-state index in [0.717, 1.165) is 5.56 Å². The summed E-state index contributed by atoms with van der Waals surface area (Å²) in [6, 6.07) is 7.53. The Kier molecular flexibility index (Phi) is 6.03. The molecule has 0 spiro atoms. The SMILES string of the molecule is CN=C(NCCO)N1CCN(Cc2ccc(Cl)cc2)C(=O)C1. The molecule has 0 radical (unpaired) electrons. The minimum atomic E-state index is 0.0312. The first-order chi connectivity index (χ1) is 10.6. The topological polar surface area (TPSA) is 68.2 Å². The van der Waals surface area contributed by atoms with Crippen molar-refractivity contribution in [2.24, 2.45) is 4.99 Å². The highest BCUT2D eigenvalue weighted by Gasteiger charge is 2.25. The highest BCUT2D eigenvalue weighted by atomic mass is 35.5. The van der Waals surface area contributed by atoms with Crippen LogP contribution in [-0.2, 0) is 11.3 Å². The molecule has 1 aliphatic rings. The third kappa shape index (κ3) is 4.35. The molecule has 1 amide bonds. The number of hydrogen-bond acceptors (Lipinski definition) is 3. The molecule has 6 nitrogen and oxygen atoms in total. The summed E-state index contributed by atoms with van der Waals surface area (Å²) < 4.78 is 0. The monoisotopic (exact) mass is 324 g/mol. The number of carbonyl (C=O) groups is 1. The Labute approximate surface area is 135 Å². The first kappa shape index (κ1) is 16.6. The fraction of sp³-hybridized carbons (Fsp3) is 0.467. The van der Waals surface area contributed by atoms with E-state index in [1.807, 2.05) is 34.1 Å². The quantitative estimate of drug-likeness (QED) is 0.627. The lowest BCUT2D eigenvalue weighted by Crippen LogP contribution is -2.55. The van der Waals surface area contributed by atoms with Crippen LogP contribution < -0.4 is 5.32 Å². The van der Waals surface area contributed by atoms with E-state index in [1.54, 1.807) is 7.05 Å². The average Bonchev–Trinajstić information content (AvgIpc) is 2.52. The molecule has 1 fully saturated rings. The number of benzene rings is 1. The second kappa shape index (κ2) is 8.00. The van der Waals surface area contributed by atoms with Crippen molar-refractivity contribution >= 4 is 23.5 Å². The van der Waals surface area contributed by atoms with E-state index < -0.39 is 0 Å². The lowest BCUT2D eigenvalue weighted by molar-refractivity contribution is -0.135. The molecule has 0 unspecified atom stereocenters. The van der Waals surface area contributed by atoms with Gasteiger partial charge in [0.2, 0.25) is 5.91 Å². The number of nitrogens with one attached hydrogen (secondary N) is 1. The van der Waals surface area contributed by atoms with Crippen LogP contribution in [0.15, 0.2) is 29.3 Å². The smallest absolute Gasteiger partial charge is 0.242 e. The van der Waals surface area contributed by atoms with Gasteiger partial charge in [-0.1, -0.05) is 23.7 Å². The Bertz CT molecular complexity index is 533. The third-order valence-corrected chi connectivity index (χ3v) is 3.76. The zero-order valence-electron chi connectivity index (χ0n) is 12.6. The molecule has 0 bridgehead atoms. The van der Waals surface area contributed by atoms with Crippen molar-refractivity contribution in [2.45, 2.75) is 6.54 Å². The molecule has 1 aromatic rings. The van der Waals surface area contributed by atoms with Gasteiger partial charge >= 0.3 is 0 Å². The van der Waals surface area contributed by atoms with Gasteiger partial charge < -0.3 is 20.2 Å². The van der Waals surface area contributed by atoms with Crippen molar-refractivity contribution in [3.8, 4) is 0 Å². The van der Waals surface area contributed by atoms with Gasteiger partial charge in [-0.05, 0) is 17.7 Å². The van der Waals surface area contributed by atoms with Crippen molar-refractivity contribution in [2.75, 3.05) is 39.8 Å². The number of carbonyl (C=O) groups excluding carboxylic acids is 1. The maximum Gasteiger partial charge on any atom is 0.242 e. The largest absolute Gasteiger partial charge is 0.395 e. The van der Waals surface area contributed by atoms with Crippen molar-refractivity contribution in [3.05, 3.63) is 34.9 Å². The lowest BCUT2D eigenvalue weighted by atomic mass is 10.2. The standard InChI is InChI=1S/C15H21ClN4O2/c1-17-15(18-6-9-21)20-8-7-19(14(22)11-20)10-12-2-4-13(16)5-3-12/h2-5,21H,6-11H2,1H3,(H,17,18). The summed E-state index contributed by atoms with van der Waals surface area (Å²) in [6.45, 7) is 2.69. The summed E-state index contributed by atoms with van der Waals surface area (Å²) in [6.07, 6.45) is 0. The maximum atomic E-state index is 12.3. The molecule has 120 valence electrons. The molecule has 0 saturated carbocycles. The molecule has 1 heterocycles. The van der Waals surface area contributed by atoms with Gasteiger partial charge in [0, 0.05) is 38.2 Å². The second-order valence-corrected chi connectivity index (χ2v) is 5.50. The van der Waals surface area contributed by atoms with Crippen LogP contribution in [0.3, 0.4) is 0 Å². The van der Waals surface area contributed by atoms with Crippen LogP contribution >= 0.6 is 11.6 Å². The zero-order chi connectivity index (χ0) is 15.9. The predicted octanol–water partition coefficient (Wildman–Crippen LogP) is 0.552. The van der Waals surface area contributed by atoms with E-state index in [2.05, 4.69) is 10.3 Å². The van der Waals surface area contributed by atoms with E-state index in [0.29, 0.717) is 43.7 Å². The van der Waals surface area contributed by atoms with Gasteiger partial charge in [-0.3, -0.25) is 9.79 Å². The number of rotatable bonds is 4. The molecule has 0 aliphatic carbocycles. The highest BCUT2D eigenvalue weighted by Crippen LogP contribution is 2.13. The van der Waals surface area contributed by atoms with Gasteiger partial charge in [0.1, 0.15) is 0 Å². The molecule has 2 N–H and O–H groups in total. The number of aliphatic imine (C=N–C) groups is 1. The molecule has 1 aromatic carbocycles. The van der Waals surface area contributed by atoms with E-state index in [9.17, 15) is 4.79 Å². The first-order valence-corrected chi connectivity index (χ1v) is 7.60. The Hall–Kier alpha value is -1.79. The molecule has 1 aliphatic heterocycles. The molecular weight excluding hydrogens is 304 g/mol. The van der Waals surface area contributed by atoms with Gasteiger partial charge in [0.15, 0.2) is 5.96 Å². The third-order valence-electron chi connectivity index (χ3n) is 3.51. The van der Waals surface area contributed by atoms with E-state index in [4.69, 9.17) is 16.7 Å². The summed E-state index contributed by atoms with van der Waals surface area (Å²) in [4.78, 5) is 20.2. The molecule has 1 saturated heterocycles. The second-order valence-electron chi connectivity index (χ2n) is 5.06. The fourth-order valence-corrected chi connectivity index (χ4v) is 2.49. The van der Waals surface area contributed by atoms with Gasteiger partial charge in [0.25, 0.3) is 0 Å². The van der Waals surface area contributed by atoms with Gasteiger partial charge in [-0.2, -0.15) is 0 Å². The average molecular weight is 325 g/mol. The molecule has 2 rings (SSSR count). The summed E-state index contributed by atoms with van der Waals surface area (Å²) in [5.74, 6) is 0.710. The van der Waals surface area contributed by atoms with Crippen LogP contribution in [0.1, 0.15) is 5.56 Å². The summed E-state index contributed by atoms with van der Waals surface area (Å²) >= 11 is 5.87. The summed E-state index contributed by atoms with van der Waals surface area (Å²) in [5.41, 5.74) is 1.06. The Morgan fingerprint density at radius 1 is 1.36 bits per heavy atom. The number of nitrogens with zero attached hydrogens (tertiary/aromatic N) is 3.